The van der Waals surface area contributed by atoms with Crippen LogP contribution in [0.4, 0.5) is 0 Å². The summed E-state index contributed by atoms with van der Waals surface area (Å²) in [7, 11) is -0.423. The summed E-state index contributed by atoms with van der Waals surface area (Å²) in [4.78, 5) is 0.310. The van der Waals surface area contributed by atoms with Crippen molar-refractivity contribution in [3.8, 4) is 18.1 Å². The van der Waals surface area contributed by atoms with Crippen LogP contribution in [0.25, 0.3) is 0 Å². The van der Waals surface area contributed by atoms with Crippen molar-refractivity contribution in [3.63, 3.8) is 0 Å². The summed E-state index contributed by atoms with van der Waals surface area (Å²) in [5.41, 5.74) is 1.68. The van der Waals surface area contributed by atoms with Gasteiger partial charge in [-0.25, -0.2) is 12.7 Å². The van der Waals surface area contributed by atoms with E-state index in [4.69, 9.17) is 11.2 Å². The average Bonchev–Trinajstić information content (AvgIpc) is 2.61. The molecule has 0 bridgehead atoms. The maximum Gasteiger partial charge on any atom is 0.242 e. The Morgan fingerprint density at radius 2 is 1.64 bits per heavy atom. The van der Waals surface area contributed by atoms with Crippen LogP contribution in [0.1, 0.15) is 11.1 Å². The van der Waals surface area contributed by atoms with Crippen LogP contribution in [0.3, 0.4) is 0 Å². The van der Waals surface area contributed by atoms with Crippen molar-refractivity contribution in [3.05, 3.63) is 59.7 Å². The number of rotatable bonds is 8. The number of sulfonamides is 1. The second-order valence-electron chi connectivity index (χ2n) is 5.60. The molecule has 5 nitrogen and oxygen atoms in total. The van der Waals surface area contributed by atoms with Crippen molar-refractivity contribution in [2.45, 2.75) is 18.0 Å². The van der Waals surface area contributed by atoms with E-state index in [2.05, 4.69) is 11.2 Å². The molecule has 0 fully saturated rings. The molecular weight excluding hydrogens is 336 g/mol. The van der Waals surface area contributed by atoms with Gasteiger partial charge in [-0.15, -0.1) is 6.42 Å². The number of nitrogens with zero attached hydrogens (tertiary/aromatic N) is 1. The summed E-state index contributed by atoms with van der Waals surface area (Å²) in [5, 5.41) is 3.27. The van der Waals surface area contributed by atoms with Gasteiger partial charge in [0.25, 0.3) is 0 Å². The topological polar surface area (TPSA) is 58.6 Å². The zero-order chi connectivity index (χ0) is 18.3. The first-order valence-corrected chi connectivity index (χ1v) is 9.26. The van der Waals surface area contributed by atoms with Crippen molar-refractivity contribution in [2.75, 3.05) is 20.7 Å². The van der Waals surface area contributed by atoms with Gasteiger partial charge in [-0.3, -0.25) is 0 Å². The van der Waals surface area contributed by atoms with Crippen LogP contribution >= 0.6 is 0 Å². The average molecular weight is 358 g/mol. The normalized spacial score (nSPS) is 11.3. The van der Waals surface area contributed by atoms with E-state index in [1.807, 2.05) is 36.4 Å². The molecule has 132 valence electrons. The van der Waals surface area contributed by atoms with Gasteiger partial charge in [0.2, 0.25) is 10.0 Å². The van der Waals surface area contributed by atoms with Crippen LogP contribution in [0.15, 0.2) is 53.4 Å². The molecule has 0 aliphatic heterocycles. The predicted octanol–water partition coefficient (Wildman–Crippen LogP) is 2.24. The third-order valence-corrected chi connectivity index (χ3v) is 5.56. The Hall–Kier alpha value is -2.33. The van der Waals surface area contributed by atoms with Crippen molar-refractivity contribution < 1.29 is 13.2 Å². The van der Waals surface area contributed by atoms with E-state index in [1.54, 1.807) is 12.1 Å². The van der Waals surface area contributed by atoms with E-state index in [-0.39, 0.29) is 6.61 Å². The van der Waals surface area contributed by atoms with Gasteiger partial charge < -0.3 is 10.1 Å². The monoisotopic (exact) mass is 358 g/mol. The largest absolute Gasteiger partial charge is 0.481 e. The molecule has 0 saturated carbocycles. The SMILES string of the molecule is C#CCOc1ccccc1CNCc1ccccc1S(=O)(=O)N(C)C. The minimum absolute atomic E-state index is 0.209. The van der Waals surface area contributed by atoms with Crippen LogP contribution in [0, 0.1) is 12.3 Å². The third kappa shape index (κ3) is 4.83. The van der Waals surface area contributed by atoms with E-state index in [0.29, 0.717) is 18.0 Å². The molecule has 1 N–H and O–H groups in total. The molecule has 0 radical (unpaired) electrons. The van der Waals surface area contributed by atoms with Gasteiger partial charge in [-0.2, -0.15) is 0 Å². The molecule has 0 unspecified atom stereocenters. The number of hydrogen-bond acceptors (Lipinski definition) is 4. The smallest absolute Gasteiger partial charge is 0.242 e. The Morgan fingerprint density at radius 3 is 2.32 bits per heavy atom. The molecule has 0 saturated heterocycles. The first-order chi connectivity index (χ1) is 12.0. The van der Waals surface area contributed by atoms with E-state index < -0.39 is 10.0 Å². The molecule has 2 rings (SSSR count). The molecule has 0 aliphatic carbocycles. The van der Waals surface area contributed by atoms with E-state index in [0.717, 1.165) is 16.9 Å². The third-order valence-electron chi connectivity index (χ3n) is 3.65. The van der Waals surface area contributed by atoms with Crippen LogP contribution in [-0.4, -0.2) is 33.4 Å². The van der Waals surface area contributed by atoms with Gasteiger partial charge in [0.05, 0.1) is 4.90 Å². The number of para-hydroxylation sites is 1. The molecule has 6 heteroatoms. The quantitative estimate of drug-likeness (QED) is 0.735. The second-order valence-corrected chi connectivity index (χ2v) is 7.72. The molecule has 0 atom stereocenters. The highest BCUT2D eigenvalue weighted by Gasteiger charge is 2.20. The summed E-state index contributed by atoms with van der Waals surface area (Å²) in [6, 6.07) is 14.6. The summed E-state index contributed by atoms with van der Waals surface area (Å²) < 4.78 is 31.6. The first-order valence-electron chi connectivity index (χ1n) is 7.82. The Morgan fingerprint density at radius 1 is 1.04 bits per heavy atom. The molecule has 25 heavy (non-hydrogen) atoms. The maximum atomic E-state index is 12.4. The standard InChI is InChI=1S/C19H22N2O3S/c1-4-13-24-18-11-7-5-9-16(18)14-20-15-17-10-6-8-12-19(17)25(22,23)21(2)3/h1,5-12,20H,13-15H2,2-3H3. The zero-order valence-corrected chi connectivity index (χ0v) is 15.2. The number of ether oxygens (including phenoxy) is 1. The van der Waals surface area contributed by atoms with Gasteiger partial charge in [0.15, 0.2) is 0 Å². The van der Waals surface area contributed by atoms with Crippen LogP contribution in [-0.2, 0) is 23.1 Å². The van der Waals surface area contributed by atoms with Crippen molar-refractivity contribution >= 4 is 10.0 Å². The molecule has 0 aliphatic rings. The fourth-order valence-electron chi connectivity index (χ4n) is 2.34. The molecule has 0 amide bonds. The molecule has 2 aromatic rings. The van der Waals surface area contributed by atoms with Gasteiger partial charge in [-0.1, -0.05) is 42.3 Å². The van der Waals surface area contributed by atoms with Crippen LogP contribution in [0.5, 0.6) is 5.75 Å². The number of benzene rings is 2. The number of nitrogens with one attached hydrogen (secondary N) is 1. The van der Waals surface area contributed by atoms with Gasteiger partial charge in [-0.05, 0) is 17.7 Å². The Labute approximate surface area is 149 Å². The van der Waals surface area contributed by atoms with Crippen molar-refractivity contribution in [1.29, 1.82) is 0 Å². The van der Waals surface area contributed by atoms with Crippen molar-refractivity contribution in [1.82, 2.24) is 9.62 Å². The summed E-state index contributed by atoms with van der Waals surface area (Å²) in [6.07, 6.45) is 5.23. The molecular formula is C19H22N2O3S. The highest BCUT2D eigenvalue weighted by atomic mass is 32.2. The van der Waals surface area contributed by atoms with E-state index in [9.17, 15) is 8.42 Å². The highest BCUT2D eigenvalue weighted by molar-refractivity contribution is 7.89. The Kier molecular flexibility index (Phi) is 6.59. The first kappa shape index (κ1) is 19.0. The van der Waals surface area contributed by atoms with E-state index in [1.165, 1.54) is 18.4 Å². The molecule has 2 aromatic carbocycles. The van der Waals surface area contributed by atoms with Gasteiger partial charge in [0, 0.05) is 32.7 Å². The fourth-order valence-corrected chi connectivity index (χ4v) is 3.46. The maximum absolute atomic E-state index is 12.4. The van der Waals surface area contributed by atoms with Crippen LogP contribution in [0.2, 0.25) is 0 Å². The lowest BCUT2D eigenvalue weighted by Gasteiger charge is -2.16. The lowest BCUT2D eigenvalue weighted by molar-refractivity contribution is 0.364. The fraction of sp³-hybridized carbons (Fsp3) is 0.263. The van der Waals surface area contributed by atoms with Gasteiger partial charge in [0.1, 0.15) is 12.4 Å². The Bertz CT molecular complexity index is 855. The van der Waals surface area contributed by atoms with Crippen molar-refractivity contribution in [2.24, 2.45) is 0 Å². The molecule has 0 spiro atoms. The molecule has 0 heterocycles. The predicted molar refractivity (Wildman–Crippen MR) is 98.6 cm³/mol. The van der Waals surface area contributed by atoms with Gasteiger partial charge >= 0.3 is 0 Å². The zero-order valence-electron chi connectivity index (χ0n) is 14.4. The summed E-state index contributed by atoms with van der Waals surface area (Å²) in [5.74, 6) is 3.17. The Balaban J connectivity index is 2.11. The summed E-state index contributed by atoms with van der Waals surface area (Å²) >= 11 is 0. The van der Waals surface area contributed by atoms with Crippen LogP contribution < -0.4 is 10.1 Å². The minimum Gasteiger partial charge on any atom is -0.481 e. The molecule has 0 aromatic heterocycles. The minimum atomic E-state index is -3.48. The number of terminal acetylenes is 1. The lowest BCUT2D eigenvalue weighted by atomic mass is 10.2. The lowest BCUT2D eigenvalue weighted by Crippen LogP contribution is -2.24. The highest BCUT2D eigenvalue weighted by Crippen LogP contribution is 2.20. The second kappa shape index (κ2) is 8.67. The van der Waals surface area contributed by atoms with E-state index >= 15 is 0 Å². The summed E-state index contributed by atoms with van der Waals surface area (Å²) in [6.45, 7) is 1.17. The number of hydrogen-bond donors (Lipinski definition) is 1.